The van der Waals surface area contributed by atoms with Gasteiger partial charge in [-0.2, -0.15) is 0 Å². The zero-order valence-corrected chi connectivity index (χ0v) is 27.9. The van der Waals surface area contributed by atoms with E-state index in [0.717, 1.165) is 31.2 Å². The molecule has 4 unspecified atom stereocenters. The largest absolute Gasteiger partial charge is 0.493 e. The molecule has 1 saturated carbocycles. The van der Waals surface area contributed by atoms with Crippen molar-refractivity contribution < 1.29 is 33.4 Å². The Balaban J connectivity index is 1.46. The van der Waals surface area contributed by atoms with Gasteiger partial charge in [-0.1, -0.05) is 83.5 Å². The minimum absolute atomic E-state index is 0.0553. The standard InChI is InChI=1S/C37H51NO7/c1-8-37(42-25-34(2,3)26-43-37)21-20-36(28-18-19-31(40-6)32(22-28)41-7)23-33(45-38(39)24-36)44-30-17-13-12-16-29(30)35(4,5)27-14-10-9-11-15-27/h8-11,14-15,18-19,22,24,29-30,33H,1,12-13,16-17,20-21,23,25-26H2,2-7H3. The molecule has 0 N–H and O–H groups in total. The van der Waals surface area contributed by atoms with E-state index in [0.29, 0.717) is 48.9 Å². The fourth-order valence-corrected chi connectivity index (χ4v) is 7.30. The van der Waals surface area contributed by atoms with E-state index in [2.05, 4.69) is 64.6 Å². The van der Waals surface area contributed by atoms with Gasteiger partial charge in [-0.3, -0.25) is 5.21 Å². The van der Waals surface area contributed by atoms with Crippen LogP contribution in [-0.4, -0.2) is 56.7 Å². The van der Waals surface area contributed by atoms with E-state index in [1.165, 1.54) is 5.56 Å². The normalized spacial score (nSPS) is 28.0. The third-order valence-electron chi connectivity index (χ3n) is 10.2. The Labute approximate surface area is 268 Å². The molecule has 1 aliphatic carbocycles. The topological polar surface area (TPSA) is 81.5 Å². The Kier molecular flexibility index (Phi) is 9.87. The van der Waals surface area contributed by atoms with E-state index < -0.39 is 17.5 Å². The first-order valence-corrected chi connectivity index (χ1v) is 16.3. The molecule has 8 nitrogen and oxygen atoms in total. The predicted octanol–water partition coefficient (Wildman–Crippen LogP) is 7.47. The summed E-state index contributed by atoms with van der Waals surface area (Å²) in [7, 11) is 3.23. The molecule has 0 amide bonds. The Bertz CT molecular complexity index is 1330. The maximum absolute atomic E-state index is 13.4. The molecule has 2 heterocycles. The maximum Gasteiger partial charge on any atom is 0.220 e. The van der Waals surface area contributed by atoms with Crippen LogP contribution in [0.4, 0.5) is 0 Å². The monoisotopic (exact) mass is 621 g/mol. The van der Waals surface area contributed by atoms with Crippen molar-refractivity contribution in [1.82, 2.24) is 0 Å². The number of nitrogens with zero attached hydrogens (tertiary/aromatic N) is 1. The van der Waals surface area contributed by atoms with Gasteiger partial charge in [-0.25, -0.2) is 0 Å². The molecule has 0 radical (unpaired) electrons. The molecule has 2 aromatic rings. The molecule has 246 valence electrons. The lowest BCUT2D eigenvalue weighted by Gasteiger charge is -2.46. The molecule has 0 aromatic heterocycles. The van der Waals surface area contributed by atoms with Crippen LogP contribution in [-0.2, 0) is 29.9 Å². The molecular formula is C37H51NO7. The first-order valence-electron chi connectivity index (χ1n) is 16.3. The molecule has 0 bridgehead atoms. The lowest BCUT2D eigenvalue weighted by atomic mass is 9.66. The number of ether oxygens (including phenoxy) is 5. The quantitative estimate of drug-likeness (QED) is 0.190. The Morgan fingerprint density at radius 3 is 2.33 bits per heavy atom. The summed E-state index contributed by atoms with van der Waals surface area (Å²) < 4.78 is 30.7. The molecule has 0 spiro atoms. The van der Waals surface area contributed by atoms with Crippen molar-refractivity contribution in [2.75, 3.05) is 27.4 Å². The van der Waals surface area contributed by atoms with Gasteiger partial charge < -0.3 is 28.5 Å². The molecule has 1 saturated heterocycles. The molecule has 5 rings (SSSR count). The van der Waals surface area contributed by atoms with Crippen LogP contribution < -0.4 is 9.47 Å². The summed E-state index contributed by atoms with van der Waals surface area (Å²) in [5.41, 5.74) is 1.23. The van der Waals surface area contributed by atoms with Gasteiger partial charge in [0.1, 0.15) is 0 Å². The smallest absolute Gasteiger partial charge is 0.220 e. The van der Waals surface area contributed by atoms with Crippen molar-refractivity contribution in [3.63, 3.8) is 0 Å². The van der Waals surface area contributed by atoms with Crippen molar-refractivity contribution >= 4 is 6.21 Å². The van der Waals surface area contributed by atoms with Crippen LogP contribution in [0, 0.1) is 16.5 Å². The van der Waals surface area contributed by atoms with Crippen LogP contribution in [0.3, 0.4) is 0 Å². The summed E-state index contributed by atoms with van der Waals surface area (Å²) in [5.74, 6) is 0.525. The summed E-state index contributed by atoms with van der Waals surface area (Å²) in [6.07, 6.45) is 8.23. The predicted molar refractivity (Wildman–Crippen MR) is 175 cm³/mol. The minimum atomic E-state index is -0.955. The van der Waals surface area contributed by atoms with Crippen molar-refractivity contribution in [3.05, 3.63) is 77.5 Å². The molecule has 8 heteroatoms. The maximum atomic E-state index is 13.4. The van der Waals surface area contributed by atoms with Gasteiger partial charge in [0.2, 0.25) is 6.21 Å². The molecule has 2 aromatic carbocycles. The van der Waals surface area contributed by atoms with Gasteiger partial charge >= 0.3 is 0 Å². The van der Waals surface area contributed by atoms with Crippen LogP contribution in [0.25, 0.3) is 0 Å². The van der Waals surface area contributed by atoms with E-state index in [1.54, 1.807) is 26.5 Å². The Morgan fingerprint density at radius 1 is 0.978 bits per heavy atom. The third-order valence-corrected chi connectivity index (χ3v) is 10.2. The van der Waals surface area contributed by atoms with E-state index in [-0.39, 0.29) is 22.9 Å². The molecule has 3 aliphatic rings. The molecule has 45 heavy (non-hydrogen) atoms. The molecule has 2 aliphatic heterocycles. The van der Waals surface area contributed by atoms with Crippen LogP contribution in [0.1, 0.15) is 83.8 Å². The number of hydrogen-bond donors (Lipinski definition) is 0. The van der Waals surface area contributed by atoms with Gasteiger partial charge in [0, 0.05) is 23.2 Å². The average Bonchev–Trinajstić information content (AvgIpc) is 3.04. The van der Waals surface area contributed by atoms with E-state index >= 15 is 0 Å². The highest BCUT2D eigenvalue weighted by Gasteiger charge is 2.48. The van der Waals surface area contributed by atoms with Crippen LogP contribution in [0.5, 0.6) is 11.5 Å². The zero-order valence-electron chi connectivity index (χ0n) is 27.9. The number of rotatable bonds is 11. The summed E-state index contributed by atoms with van der Waals surface area (Å²) >= 11 is 0. The van der Waals surface area contributed by atoms with E-state index in [1.807, 2.05) is 18.2 Å². The van der Waals surface area contributed by atoms with Crippen LogP contribution in [0.15, 0.2) is 61.2 Å². The lowest BCUT2D eigenvalue weighted by molar-refractivity contribution is -0.771. The van der Waals surface area contributed by atoms with E-state index in [9.17, 15) is 5.21 Å². The summed E-state index contributed by atoms with van der Waals surface area (Å²) in [4.78, 5) is 6.45. The fourth-order valence-electron chi connectivity index (χ4n) is 7.30. The van der Waals surface area contributed by atoms with Crippen molar-refractivity contribution in [1.29, 1.82) is 0 Å². The van der Waals surface area contributed by atoms with Gasteiger partial charge in [-0.15, -0.1) is 0 Å². The van der Waals surface area contributed by atoms with Crippen LogP contribution in [0.2, 0.25) is 0 Å². The third kappa shape index (κ3) is 7.18. The Morgan fingerprint density at radius 2 is 1.67 bits per heavy atom. The highest BCUT2D eigenvalue weighted by Crippen LogP contribution is 2.46. The van der Waals surface area contributed by atoms with Gasteiger partial charge in [0.25, 0.3) is 0 Å². The highest BCUT2D eigenvalue weighted by atomic mass is 16.9. The average molecular weight is 622 g/mol. The summed E-state index contributed by atoms with van der Waals surface area (Å²) in [6.45, 7) is 14.0. The number of hydrogen-bond acceptors (Lipinski definition) is 7. The van der Waals surface area contributed by atoms with Gasteiger partial charge in [0.05, 0.1) is 39.0 Å². The minimum Gasteiger partial charge on any atom is -0.493 e. The second-order valence-electron chi connectivity index (χ2n) is 14.3. The van der Waals surface area contributed by atoms with Gasteiger partial charge in [-0.05, 0) is 59.9 Å². The van der Waals surface area contributed by atoms with Crippen LogP contribution >= 0.6 is 0 Å². The molecular weight excluding hydrogens is 570 g/mol. The SMILES string of the molecule is C=CC1(CCC2(c3ccc(OC)c(OC)c3)C=[N+]([O-])OC(OC3CCCCC3C(C)(C)c3ccccc3)C2)OCC(C)(C)CO1. The number of methoxy groups -OCH3 is 2. The second kappa shape index (κ2) is 13.3. The summed E-state index contributed by atoms with van der Waals surface area (Å²) in [6, 6.07) is 16.5. The first kappa shape index (κ1) is 33.3. The fraction of sp³-hybridized carbons (Fsp3) is 0.595. The highest BCUT2D eigenvalue weighted by molar-refractivity contribution is 5.71. The van der Waals surface area contributed by atoms with Crippen molar-refractivity contribution in [2.45, 2.75) is 102 Å². The Hall–Kier alpha value is -3.07. The summed E-state index contributed by atoms with van der Waals surface area (Å²) in [5, 5.41) is 13.4. The number of benzene rings is 2. The molecule has 2 fully saturated rings. The van der Waals surface area contributed by atoms with Crippen molar-refractivity contribution in [3.8, 4) is 11.5 Å². The molecule has 4 atom stereocenters. The van der Waals surface area contributed by atoms with Crippen molar-refractivity contribution in [2.24, 2.45) is 11.3 Å². The first-order chi connectivity index (χ1) is 21.4. The zero-order chi connectivity index (χ0) is 32.3. The second-order valence-corrected chi connectivity index (χ2v) is 14.3. The van der Waals surface area contributed by atoms with Gasteiger partial charge in [0.15, 0.2) is 23.6 Å². The lowest BCUT2D eigenvalue weighted by Crippen LogP contribution is -2.50. The van der Waals surface area contributed by atoms with E-state index in [4.69, 9.17) is 28.5 Å².